The first kappa shape index (κ1) is 12.1. The molecule has 0 fully saturated rings. The molecule has 3 N–H and O–H groups in total. The van der Waals surface area contributed by atoms with Gasteiger partial charge in [-0.3, -0.25) is 0 Å². The standard InChI is InChI=1S/C15H12N2O3/c18-10-6-7-12(13(19)8-10)14-15(17-9-16-14)20-11-4-2-1-3-5-11/h1-9,18-19H,(H,16,17). The van der Waals surface area contributed by atoms with Crippen LogP contribution in [0.2, 0.25) is 0 Å². The molecule has 0 spiro atoms. The Morgan fingerprint density at radius 3 is 2.55 bits per heavy atom. The van der Waals surface area contributed by atoms with E-state index in [2.05, 4.69) is 9.97 Å². The van der Waals surface area contributed by atoms with Crippen molar-refractivity contribution in [2.45, 2.75) is 0 Å². The number of imidazole rings is 1. The van der Waals surface area contributed by atoms with E-state index in [1.165, 1.54) is 18.5 Å². The fourth-order valence-corrected chi connectivity index (χ4v) is 1.88. The highest BCUT2D eigenvalue weighted by Crippen LogP contribution is 2.36. The summed E-state index contributed by atoms with van der Waals surface area (Å²) in [4.78, 5) is 7.02. The Morgan fingerprint density at radius 1 is 1.00 bits per heavy atom. The van der Waals surface area contributed by atoms with Gasteiger partial charge >= 0.3 is 0 Å². The normalized spacial score (nSPS) is 10.4. The van der Waals surface area contributed by atoms with Gasteiger partial charge in [0.1, 0.15) is 22.9 Å². The Kier molecular flexibility index (Phi) is 3.01. The zero-order valence-electron chi connectivity index (χ0n) is 10.4. The summed E-state index contributed by atoms with van der Waals surface area (Å²) < 4.78 is 5.67. The maximum atomic E-state index is 9.89. The topological polar surface area (TPSA) is 78.4 Å². The molecule has 3 rings (SSSR count). The lowest BCUT2D eigenvalue weighted by atomic mass is 10.1. The molecule has 0 aliphatic heterocycles. The lowest BCUT2D eigenvalue weighted by Crippen LogP contribution is -1.87. The van der Waals surface area contributed by atoms with Gasteiger partial charge in [-0.05, 0) is 24.3 Å². The molecule has 100 valence electrons. The number of nitrogens with zero attached hydrogens (tertiary/aromatic N) is 1. The van der Waals surface area contributed by atoms with Gasteiger partial charge in [0.2, 0.25) is 5.88 Å². The van der Waals surface area contributed by atoms with E-state index in [-0.39, 0.29) is 11.5 Å². The molecule has 0 saturated carbocycles. The molecule has 0 aliphatic rings. The largest absolute Gasteiger partial charge is 0.508 e. The summed E-state index contributed by atoms with van der Waals surface area (Å²) in [5.74, 6) is 0.958. The van der Waals surface area contributed by atoms with Crippen molar-refractivity contribution in [1.82, 2.24) is 9.97 Å². The van der Waals surface area contributed by atoms with Crippen LogP contribution in [0.25, 0.3) is 11.3 Å². The first-order valence-electron chi connectivity index (χ1n) is 6.02. The van der Waals surface area contributed by atoms with E-state index < -0.39 is 0 Å². The Bertz CT molecular complexity index is 723. The maximum Gasteiger partial charge on any atom is 0.245 e. The predicted molar refractivity (Wildman–Crippen MR) is 73.9 cm³/mol. The summed E-state index contributed by atoms with van der Waals surface area (Å²) in [6.07, 6.45) is 1.49. The highest BCUT2D eigenvalue weighted by molar-refractivity contribution is 5.72. The van der Waals surface area contributed by atoms with Crippen molar-refractivity contribution in [1.29, 1.82) is 0 Å². The number of benzene rings is 2. The second-order valence-corrected chi connectivity index (χ2v) is 4.20. The number of H-pyrrole nitrogens is 1. The molecule has 20 heavy (non-hydrogen) atoms. The average molecular weight is 268 g/mol. The van der Waals surface area contributed by atoms with Crippen LogP contribution >= 0.6 is 0 Å². The predicted octanol–water partition coefficient (Wildman–Crippen LogP) is 3.28. The van der Waals surface area contributed by atoms with Crippen LogP contribution in [0.4, 0.5) is 0 Å². The van der Waals surface area contributed by atoms with Gasteiger partial charge in [-0.25, -0.2) is 4.98 Å². The van der Waals surface area contributed by atoms with Crippen molar-refractivity contribution in [3.63, 3.8) is 0 Å². The van der Waals surface area contributed by atoms with Gasteiger partial charge < -0.3 is 19.9 Å². The van der Waals surface area contributed by atoms with Crippen LogP contribution in [0, 0.1) is 0 Å². The van der Waals surface area contributed by atoms with Gasteiger partial charge in [-0.1, -0.05) is 18.2 Å². The van der Waals surface area contributed by atoms with Crippen LogP contribution in [0.5, 0.6) is 23.1 Å². The number of hydrogen-bond donors (Lipinski definition) is 3. The quantitative estimate of drug-likeness (QED) is 0.681. The summed E-state index contributed by atoms with van der Waals surface area (Å²) in [6, 6.07) is 13.6. The summed E-state index contributed by atoms with van der Waals surface area (Å²) in [7, 11) is 0. The lowest BCUT2D eigenvalue weighted by molar-refractivity contribution is 0.449. The lowest BCUT2D eigenvalue weighted by Gasteiger charge is -2.07. The molecule has 5 heteroatoms. The summed E-state index contributed by atoms with van der Waals surface area (Å²) >= 11 is 0. The number of phenolic OH excluding ortho intramolecular Hbond substituents is 2. The number of para-hydroxylation sites is 1. The molecular formula is C15H12N2O3. The molecule has 0 unspecified atom stereocenters. The monoisotopic (exact) mass is 268 g/mol. The highest BCUT2D eigenvalue weighted by Gasteiger charge is 2.14. The van der Waals surface area contributed by atoms with Gasteiger partial charge in [0.25, 0.3) is 0 Å². The third-order valence-corrected chi connectivity index (χ3v) is 2.81. The molecule has 3 aromatic rings. The number of hydrogen-bond acceptors (Lipinski definition) is 4. The van der Waals surface area contributed by atoms with Gasteiger partial charge in [0.15, 0.2) is 0 Å². The number of nitrogens with one attached hydrogen (secondary N) is 1. The van der Waals surface area contributed by atoms with Gasteiger partial charge in [0.05, 0.1) is 6.33 Å². The van der Waals surface area contributed by atoms with E-state index in [1.807, 2.05) is 30.3 Å². The number of aromatic nitrogens is 2. The van der Waals surface area contributed by atoms with Crippen LogP contribution in [-0.4, -0.2) is 20.2 Å². The molecule has 0 aliphatic carbocycles. The van der Waals surface area contributed by atoms with Crippen molar-refractivity contribution in [3.8, 4) is 34.4 Å². The molecule has 0 radical (unpaired) electrons. The second-order valence-electron chi connectivity index (χ2n) is 4.20. The number of phenols is 2. The highest BCUT2D eigenvalue weighted by atomic mass is 16.5. The van der Waals surface area contributed by atoms with Crippen LogP contribution in [-0.2, 0) is 0 Å². The minimum absolute atomic E-state index is 0.00343. The molecule has 2 aromatic carbocycles. The van der Waals surface area contributed by atoms with E-state index in [9.17, 15) is 10.2 Å². The smallest absolute Gasteiger partial charge is 0.245 e. The van der Waals surface area contributed by atoms with Crippen molar-refractivity contribution in [3.05, 3.63) is 54.9 Å². The average Bonchev–Trinajstić information content (AvgIpc) is 2.88. The van der Waals surface area contributed by atoms with Crippen molar-refractivity contribution < 1.29 is 14.9 Å². The Labute approximate surface area is 115 Å². The van der Waals surface area contributed by atoms with Gasteiger partial charge in [0, 0.05) is 11.6 Å². The van der Waals surface area contributed by atoms with Crippen LogP contribution in [0.3, 0.4) is 0 Å². The number of aromatic amines is 1. The number of rotatable bonds is 3. The van der Waals surface area contributed by atoms with Crippen molar-refractivity contribution in [2.24, 2.45) is 0 Å². The molecule has 0 atom stereocenters. The Morgan fingerprint density at radius 2 is 1.80 bits per heavy atom. The fraction of sp³-hybridized carbons (Fsp3) is 0. The van der Waals surface area contributed by atoms with E-state index in [1.54, 1.807) is 6.07 Å². The molecule has 1 heterocycles. The van der Waals surface area contributed by atoms with Crippen LogP contribution in [0.15, 0.2) is 54.9 Å². The van der Waals surface area contributed by atoms with Crippen molar-refractivity contribution >= 4 is 0 Å². The molecular weight excluding hydrogens is 256 g/mol. The molecule has 5 nitrogen and oxygen atoms in total. The number of aromatic hydroxyl groups is 2. The molecule has 0 saturated heterocycles. The number of ether oxygens (including phenoxy) is 1. The van der Waals surface area contributed by atoms with E-state index in [0.717, 1.165) is 0 Å². The third-order valence-electron chi connectivity index (χ3n) is 2.81. The molecule has 1 aromatic heterocycles. The zero-order chi connectivity index (χ0) is 13.9. The van der Waals surface area contributed by atoms with E-state index >= 15 is 0 Å². The molecule has 0 amide bonds. The summed E-state index contributed by atoms with van der Waals surface area (Å²) in [5, 5.41) is 19.2. The first-order valence-corrected chi connectivity index (χ1v) is 6.02. The van der Waals surface area contributed by atoms with E-state index in [0.29, 0.717) is 22.9 Å². The Hall–Kier alpha value is -2.95. The minimum atomic E-state index is -0.0489. The van der Waals surface area contributed by atoms with Crippen LogP contribution < -0.4 is 4.74 Å². The van der Waals surface area contributed by atoms with Gasteiger partial charge in [-0.2, -0.15) is 0 Å². The third kappa shape index (κ3) is 2.29. The van der Waals surface area contributed by atoms with Gasteiger partial charge in [-0.15, -0.1) is 0 Å². The summed E-state index contributed by atoms with van der Waals surface area (Å²) in [6.45, 7) is 0. The molecule has 0 bridgehead atoms. The zero-order valence-corrected chi connectivity index (χ0v) is 10.4. The maximum absolute atomic E-state index is 9.89. The minimum Gasteiger partial charge on any atom is -0.508 e. The summed E-state index contributed by atoms with van der Waals surface area (Å²) in [5.41, 5.74) is 1.05. The van der Waals surface area contributed by atoms with Crippen LogP contribution in [0.1, 0.15) is 0 Å². The fourth-order valence-electron chi connectivity index (χ4n) is 1.88. The Balaban J connectivity index is 1.98. The van der Waals surface area contributed by atoms with E-state index in [4.69, 9.17) is 4.74 Å². The SMILES string of the molecule is Oc1ccc(-c2[nH]cnc2Oc2ccccc2)c(O)c1. The second kappa shape index (κ2) is 4.97. The van der Waals surface area contributed by atoms with Crippen molar-refractivity contribution in [2.75, 3.05) is 0 Å². The first-order chi connectivity index (χ1) is 9.74.